The molecule has 0 heterocycles. The van der Waals surface area contributed by atoms with E-state index < -0.39 is 27.4 Å². The molecular weight excluding hydrogens is 501 g/mol. The highest BCUT2D eigenvalue weighted by Crippen LogP contribution is 2.34. The lowest BCUT2D eigenvalue weighted by molar-refractivity contribution is -0.124. The van der Waals surface area contributed by atoms with Crippen LogP contribution in [0, 0.1) is 0 Å². The van der Waals surface area contributed by atoms with Crippen LogP contribution in [0.4, 0.5) is 15.8 Å². The Morgan fingerprint density at radius 1 is 1.03 bits per heavy atom. The van der Waals surface area contributed by atoms with Crippen molar-refractivity contribution in [3.63, 3.8) is 0 Å². The molecule has 0 saturated carbocycles. The Balaban J connectivity index is 1.79. The van der Waals surface area contributed by atoms with Crippen molar-refractivity contribution in [3.05, 3.63) is 78.4 Å². The SMILES string of the molecule is COc1cc(NC(=O)[C@@H](O)c2ccccc2)ccc1S(=O)(=O)Nc1cccc(OC(F)(P)P)c1. The van der Waals surface area contributed by atoms with Crippen LogP contribution in [0.3, 0.4) is 0 Å². The smallest absolute Gasteiger partial charge is 0.270 e. The lowest BCUT2D eigenvalue weighted by Crippen LogP contribution is -2.21. The predicted molar refractivity (Wildman–Crippen MR) is 134 cm³/mol. The Kier molecular flexibility index (Phi) is 8.10. The average Bonchev–Trinajstić information content (AvgIpc) is 2.77. The number of halogens is 1. The molecule has 0 bridgehead atoms. The van der Waals surface area contributed by atoms with Crippen molar-refractivity contribution >= 4 is 45.8 Å². The maximum Gasteiger partial charge on any atom is 0.270 e. The van der Waals surface area contributed by atoms with E-state index in [1.165, 1.54) is 49.6 Å². The molecule has 0 radical (unpaired) electrons. The van der Waals surface area contributed by atoms with Crippen molar-refractivity contribution in [2.75, 3.05) is 17.1 Å². The second kappa shape index (κ2) is 10.7. The lowest BCUT2D eigenvalue weighted by Gasteiger charge is -2.18. The largest absolute Gasteiger partial charge is 0.495 e. The molecule has 0 aliphatic rings. The van der Waals surface area contributed by atoms with Gasteiger partial charge in [-0.2, -0.15) is 4.39 Å². The van der Waals surface area contributed by atoms with Gasteiger partial charge in [-0.3, -0.25) is 9.52 Å². The van der Waals surface area contributed by atoms with E-state index in [9.17, 15) is 22.7 Å². The number of carbonyl (C=O) groups excluding carboxylic acids is 1. The number of nitrogens with one attached hydrogen (secondary N) is 2. The number of rotatable bonds is 9. The van der Waals surface area contributed by atoms with Gasteiger partial charge in [-0.05, 0) is 48.3 Å². The minimum atomic E-state index is -4.12. The van der Waals surface area contributed by atoms with Crippen LogP contribution in [0.2, 0.25) is 0 Å². The van der Waals surface area contributed by atoms with Gasteiger partial charge in [0.05, 0.1) is 12.8 Å². The molecule has 0 aromatic heterocycles. The van der Waals surface area contributed by atoms with Gasteiger partial charge in [0.2, 0.25) is 0 Å². The molecule has 12 heteroatoms. The molecule has 0 spiro atoms. The topological polar surface area (TPSA) is 114 Å². The van der Waals surface area contributed by atoms with Gasteiger partial charge < -0.3 is 19.9 Å². The van der Waals surface area contributed by atoms with Crippen LogP contribution in [0.5, 0.6) is 11.5 Å². The molecule has 3 aromatic rings. The molecule has 0 aliphatic heterocycles. The number of ether oxygens (including phenoxy) is 2. The van der Waals surface area contributed by atoms with Crippen molar-refractivity contribution < 1.29 is 32.2 Å². The van der Waals surface area contributed by atoms with Gasteiger partial charge >= 0.3 is 0 Å². The summed E-state index contributed by atoms with van der Waals surface area (Å²) in [7, 11) is 0.870. The number of carbonyl (C=O) groups is 1. The van der Waals surface area contributed by atoms with Gasteiger partial charge in [-0.15, -0.1) is 0 Å². The summed E-state index contributed by atoms with van der Waals surface area (Å²) in [5.41, 5.74) is 0.781. The van der Waals surface area contributed by atoms with Gasteiger partial charge in [-0.1, -0.05) is 36.4 Å². The van der Waals surface area contributed by atoms with Crippen LogP contribution in [0.1, 0.15) is 11.7 Å². The van der Waals surface area contributed by atoms with Crippen molar-refractivity contribution in [1.82, 2.24) is 0 Å². The molecule has 0 saturated heterocycles. The maximum atomic E-state index is 13.7. The van der Waals surface area contributed by atoms with E-state index in [1.807, 2.05) is 18.5 Å². The molecule has 180 valence electrons. The predicted octanol–water partition coefficient (Wildman–Crippen LogP) is 3.88. The minimum absolute atomic E-state index is 0.0374. The van der Waals surface area contributed by atoms with Gasteiger partial charge in [0.15, 0.2) is 6.10 Å². The molecule has 3 aromatic carbocycles. The zero-order valence-electron chi connectivity index (χ0n) is 17.9. The van der Waals surface area contributed by atoms with E-state index in [-0.39, 0.29) is 27.8 Å². The highest BCUT2D eigenvalue weighted by atomic mass is 32.2. The number of methoxy groups -OCH3 is 1. The first-order valence-corrected chi connectivity index (χ1v) is 12.4. The summed E-state index contributed by atoms with van der Waals surface area (Å²) < 4.78 is 52.3. The fraction of sp³-hybridized carbons (Fsp3) is 0.136. The number of hydrogen-bond acceptors (Lipinski definition) is 6. The summed E-state index contributed by atoms with van der Waals surface area (Å²) in [6.45, 7) is 0. The second-order valence-corrected chi connectivity index (χ2v) is 11.0. The zero-order chi connectivity index (χ0) is 24.9. The van der Waals surface area contributed by atoms with E-state index in [0.717, 1.165) is 0 Å². The summed E-state index contributed by atoms with van der Waals surface area (Å²) in [5, 5.41) is 10.7. The summed E-state index contributed by atoms with van der Waals surface area (Å²) >= 11 is 0. The van der Waals surface area contributed by atoms with Gasteiger partial charge in [-0.25, -0.2) is 8.42 Å². The highest BCUT2D eigenvalue weighted by Gasteiger charge is 2.23. The van der Waals surface area contributed by atoms with Gasteiger partial charge in [0, 0.05) is 17.8 Å². The van der Waals surface area contributed by atoms with E-state index in [0.29, 0.717) is 5.56 Å². The van der Waals surface area contributed by atoms with E-state index in [4.69, 9.17) is 9.47 Å². The summed E-state index contributed by atoms with van der Waals surface area (Å²) in [6.07, 6.45) is -1.40. The van der Waals surface area contributed by atoms with Crippen LogP contribution in [-0.4, -0.2) is 31.9 Å². The molecule has 3 N–H and O–H groups in total. The lowest BCUT2D eigenvalue weighted by atomic mass is 10.1. The van der Waals surface area contributed by atoms with Gasteiger partial charge in [0.25, 0.3) is 21.3 Å². The molecular formula is C22H23FN2O6P2S. The monoisotopic (exact) mass is 524 g/mol. The Morgan fingerprint density at radius 3 is 2.38 bits per heavy atom. The second-order valence-electron chi connectivity index (χ2n) is 7.10. The van der Waals surface area contributed by atoms with Crippen LogP contribution in [-0.2, 0) is 14.8 Å². The molecule has 34 heavy (non-hydrogen) atoms. The third-order valence-electron chi connectivity index (χ3n) is 4.44. The van der Waals surface area contributed by atoms with E-state index in [1.54, 1.807) is 30.3 Å². The van der Waals surface area contributed by atoms with E-state index in [2.05, 4.69) is 10.0 Å². The number of alkyl halides is 1. The highest BCUT2D eigenvalue weighted by molar-refractivity contribution is 7.92. The van der Waals surface area contributed by atoms with Crippen LogP contribution >= 0.6 is 18.5 Å². The molecule has 3 atom stereocenters. The Morgan fingerprint density at radius 2 is 1.74 bits per heavy atom. The number of hydrogen-bond donors (Lipinski definition) is 3. The molecule has 3 rings (SSSR count). The molecule has 2 unspecified atom stereocenters. The number of amides is 1. The van der Waals surface area contributed by atoms with Crippen molar-refractivity contribution in [2.24, 2.45) is 0 Å². The average molecular weight is 524 g/mol. The molecule has 0 fully saturated rings. The summed E-state index contributed by atoms with van der Waals surface area (Å²) in [6, 6.07) is 18.1. The molecule has 8 nitrogen and oxygen atoms in total. The van der Waals surface area contributed by atoms with Gasteiger partial charge in [0.1, 0.15) is 16.4 Å². The first-order chi connectivity index (χ1) is 16.0. The quantitative estimate of drug-likeness (QED) is 0.366. The standard InChI is InChI=1S/C22H23FN2O6P2S/c1-30-18-13-15(24-21(27)20(26)14-6-3-2-4-7-14)10-11-19(18)34(28,29)25-16-8-5-9-17(12-16)31-22(23,32)33/h2-13,20,25-26H,32-33H2,1H3,(H,24,27)/t20-/m0/s1. The first-order valence-electron chi connectivity index (χ1n) is 9.79. The number of benzene rings is 3. The van der Waals surface area contributed by atoms with Crippen molar-refractivity contribution in [3.8, 4) is 11.5 Å². The number of aliphatic hydroxyl groups excluding tert-OH is 1. The van der Waals surface area contributed by atoms with E-state index >= 15 is 0 Å². The van der Waals surface area contributed by atoms with Crippen LogP contribution in [0.25, 0.3) is 0 Å². The fourth-order valence-corrected chi connectivity index (χ4v) is 4.45. The number of anilines is 2. The number of aliphatic hydroxyl groups is 1. The Bertz CT molecular complexity index is 1270. The summed E-state index contributed by atoms with van der Waals surface area (Å²) in [4.78, 5) is 12.2. The normalized spacial score (nSPS) is 12.5. The van der Waals surface area contributed by atoms with Crippen LogP contribution < -0.4 is 19.5 Å². The summed E-state index contributed by atoms with van der Waals surface area (Å²) in [5.74, 6) is -0.620. The Labute approximate surface area is 201 Å². The first kappa shape index (κ1) is 25.8. The molecule has 0 aliphatic carbocycles. The van der Waals surface area contributed by atoms with Crippen molar-refractivity contribution in [2.45, 2.75) is 16.3 Å². The maximum absolute atomic E-state index is 13.7. The van der Waals surface area contributed by atoms with Crippen LogP contribution in [0.15, 0.2) is 77.7 Å². The zero-order valence-corrected chi connectivity index (χ0v) is 21.1. The van der Waals surface area contributed by atoms with Crippen molar-refractivity contribution in [1.29, 1.82) is 0 Å². The minimum Gasteiger partial charge on any atom is -0.495 e. The fourth-order valence-electron chi connectivity index (χ4n) is 2.98. The third kappa shape index (κ3) is 6.87. The third-order valence-corrected chi connectivity index (χ3v) is 6.10. The Hall–Kier alpha value is -2.77. The number of sulfonamides is 1. The molecule has 1 amide bonds.